The molecule has 1 fully saturated rings. The summed E-state index contributed by atoms with van der Waals surface area (Å²) < 4.78 is 50.0. The molecule has 0 saturated heterocycles. The molecule has 1 amide bonds. The van der Waals surface area contributed by atoms with Crippen molar-refractivity contribution in [2.45, 2.75) is 31.8 Å². The van der Waals surface area contributed by atoms with E-state index in [1.807, 2.05) is 0 Å². The van der Waals surface area contributed by atoms with Crippen molar-refractivity contribution in [3.05, 3.63) is 41.5 Å². The van der Waals surface area contributed by atoms with Gasteiger partial charge in [0.25, 0.3) is 0 Å². The second-order valence-electron chi connectivity index (χ2n) is 5.89. The van der Waals surface area contributed by atoms with Crippen molar-refractivity contribution in [1.29, 1.82) is 0 Å². The Labute approximate surface area is 134 Å². The van der Waals surface area contributed by atoms with Crippen molar-refractivity contribution in [2.75, 3.05) is 12.0 Å². The van der Waals surface area contributed by atoms with Gasteiger partial charge in [0.15, 0.2) is 0 Å². The predicted molar refractivity (Wildman–Crippen MR) is 84.4 cm³/mol. The predicted octanol–water partition coefficient (Wildman–Crippen LogP) is 2.40. The monoisotopic (exact) mass is 343 g/mol. The Hall–Kier alpha value is -1.76. The minimum absolute atomic E-state index is 0.00522. The van der Waals surface area contributed by atoms with Crippen LogP contribution < -0.4 is 0 Å². The molecule has 2 rings (SSSR count). The molecule has 0 heterocycles. The smallest absolute Gasteiger partial charge is 0.247 e. The quantitative estimate of drug-likeness (QED) is 0.746. The van der Waals surface area contributed by atoms with Crippen LogP contribution in [0.3, 0.4) is 0 Å². The van der Waals surface area contributed by atoms with Gasteiger partial charge in [0.05, 0.1) is 5.75 Å². The average molecular weight is 343 g/mol. The van der Waals surface area contributed by atoms with Crippen molar-refractivity contribution in [3.63, 3.8) is 0 Å². The molecular formula is C16H19F2NO3S. The van der Waals surface area contributed by atoms with Gasteiger partial charge in [-0.3, -0.25) is 4.79 Å². The SMILES string of the molecule is C[C@@H](CS(C)(=O)=O)N(C(=O)/C=C/c1c(F)cccc1F)C1CC1. The van der Waals surface area contributed by atoms with E-state index in [1.165, 1.54) is 11.0 Å². The van der Waals surface area contributed by atoms with Gasteiger partial charge in [-0.25, -0.2) is 17.2 Å². The topological polar surface area (TPSA) is 54.5 Å². The highest BCUT2D eigenvalue weighted by atomic mass is 32.2. The van der Waals surface area contributed by atoms with Crippen LogP contribution in [-0.4, -0.2) is 43.3 Å². The fourth-order valence-corrected chi connectivity index (χ4v) is 3.58. The lowest BCUT2D eigenvalue weighted by atomic mass is 10.1. The van der Waals surface area contributed by atoms with E-state index in [1.54, 1.807) is 6.92 Å². The highest BCUT2D eigenvalue weighted by Crippen LogP contribution is 2.29. The summed E-state index contributed by atoms with van der Waals surface area (Å²) in [5.74, 6) is -2.09. The molecule has 0 unspecified atom stereocenters. The van der Waals surface area contributed by atoms with Gasteiger partial charge in [-0.05, 0) is 38.0 Å². The van der Waals surface area contributed by atoms with E-state index >= 15 is 0 Å². The Bertz CT molecular complexity index is 707. The van der Waals surface area contributed by atoms with E-state index in [9.17, 15) is 22.0 Å². The highest BCUT2D eigenvalue weighted by molar-refractivity contribution is 7.90. The number of carbonyl (C=O) groups is 1. The fourth-order valence-electron chi connectivity index (χ4n) is 2.54. The van der Waals surface area contributed by atoms with Crippen LogP contribution in [0.5, 0.6) is 0 Å². The first kappa shape index (κ1) is 17.6. The molecule has 1 aromatic carbocycles. The van der Waals surface area contributed by atoms with Crippen molar-refractivity contribution < 1.29 is 22.0 Å². The largest absolute Gasteiger partial charge is 0.332 e. The first-order valence-electron chi connectivity index (χ1n) is 7.31. The van der Waals surface area contributed by atoms with Gasteiger partial charge in [-0.2, -0.15) is 0 Å². The minimum Gasteiger partial charge on any atom is -0.332 e. The summed E-state index contributed by atoms with van der Waals surface area (Å²) in [5.41, 5.74) is -0.285. The normalized spacial score (nSPS) is 16.5. The third kappa shape index (κ3) is 4.86. The molecular weight excluding hydrogens is 324 g/mol. The van der Waals surface area contributed by atoms with Gasteiger partial charge in [0, 0.05) is 30.0 Å². The highest BCUT2D eigenvalue weighted by Gasteiger charge is 2.35. The number of carbonyl (C=O) groups excluding carboxylic acids is 1. The number of halogens is 2. The van der Waals surface area contributed by atoms with Gasteiger partial charge in [-0.15, -0.1) is 0 Å². The van der Waals surface area contributed by atoms with Crippen LogP contribution in [0.2, 0.25) is 0 Å². The van der Waals surface area contributed by atoms with Crippen LogP contribution in [0.4, 0.5) is 8.78 Å². The number of benzene rings is 1. The molecule has 1 saturated carbocycles. The number of rotatable bonds is 6. The van der Waals surface area contributed by atoms with E-state index in [4.69, 9.17) is 0 Å². The molecule has 0 aromatic heterocycles. The standard InChI is InChI=1S/C16H19F2NO3S/c1-11(10-23(2,21)22)19(12-6-7-12)16(20)9-8-13-14(17)4-3-5-15(13)18/h3-5,8-9,11-12H,6-7,10H2,1-2H3/b9-8+/t11-/m0/s1. The summed E-state index contributed by atoms with van der Waals surface area (Å²) in [5, 5.41) is 0. The molecule has 0 N–H and O–H groups in total. The zero-order chi connectivity index (χ0) is 17.2. The minimum atomic E-state index is -3.23. The maximum atomic E-state index is 13.6. The first-order chi connectivity index (χ1) is 10.7. The van der Waals surface area contributed by atoms with Gasteiger partial charge < -0.3 is 4.90 Å². The van der Waals surface area contributed by atoms with E-state index in [0.717, 1.165) is 43.4 Å². The van der Waals surface area contributed by atoms with Crippen molar-refractivity contribution >= 4 is 21.8 Å². The van der Waals surface area contributed by atoms with Gasteiger partial charge >= 0.3 is 0 Å². The number of nitrogens with zero attached hydrogens (tertiary/aromatic N) is 1. The third-order valence-corrected chi connectivity index (χ3v) is 4.69. The molecule has 0 spiro atoms. The lowest BCUT2D eigenvalue weighted by Gasteiger charge is -2.27. The summed E-state index contributed by atoms with van der Waals surface area (Å²) in [6.45, 7) is 1.66. The summed E-state index contributed by atoms with van der Waals surface area (Å²) in [7, 11) is -3.23. The Morgan fingerprint density at radius 3 is 2.39 bits per heavy atom. The van der Waals surface area contributed by atoms with E-state index in [0.29, 0.717) is 0 Å². The van der Waals surface area contributed by atoms with Crippen LogP contribution in [0.15, 0.2) is 24.3 Å². The van der Waals surface area contributed by atoms with Gasteiger partial charge in [-0.1, -0.05) is 6.07 Å². The Kier molecular flexibility index (Phi) is 5.19. The molecule has 0 radical (unpaired) electrons. The van der Waals surface area contributed by atoms with Gasteiger partial charge in [0.1, 0.15) is 21.5 Å². The molecule has 1 aliphatic rings. The third-order valence-electron chi connectivity index (χ3n) is 3.61. The first-order valence-corrected chi connectivity index (χ1v) is 9.37. The van der Waals surface area contributed by atoms with Crippen molar-refractivity contribution in [3.8, 4) is 0 Å². The lowest BCUT2D eigenvalue weighted by molar-refractivity contribution is -0.128. The molecule has 0 aliphatic heterocycles. The zero-order valence-electron chi connectivity index (χ0n) is 13.0. The second kappa shape index (κ2) is 6.78. The van der Waals surface area contributed by atoms with E-state index in [2.05, 4.69) is 0 Å². The van der Waals surface area contributed by atoms with E-state index < -0.39 is 33.4 Å². The van der Waals surface area contributed by atoms with Crippen LogP contribution in [0.1, 0.15) is 25.3 Å². The Balaban J connectivity index is 2.17. The average Bonchev–Trinajstić information content (AvgIpc) is 3.20. The Morgan fingerprint density at radius 1 is 1.35 bits per heavy atom. The number of hydrogen-bond donors (Lipinski definition) is 0. The molecule has 23 heavy (non-hydrogen) atoms. The van der Waals surface area contributed by atoms with Crippen LogP contribution in [0.25, 0.3) is 6.08 Å². The zero-order valence-corrected chi connectivity index (χ0v) is 13.8. The Morgan fingerprint density at radius 2 is 1.91 bits per heavy atom. The summed E-state index contributed by atoms with van der Waals surface area (Å²) in [6, 6.07) is 2.97. The molecule has 1 atom stereocenters. The lowest BCUT2D eigenvalue weighted by Crippen LogP contribution is -2.43. The van der Waals surface area contributed by atoms with Crippen LogP contribution in [-0.2, 0) is 14.6 Å². The maximum Gasteiger partial charge on any atom is 0.247 e. The molecule has 1 aliphatic carbocycles. The van der Waals surface area contributed by atoms with Crippen molar-refractivity contribution in [1.82, 2.24) is 4.90 Å². The number of hydrogen-bond acceptors (Lipinski definition) is 3. The molecule has 126 valence electrons. The van der Waals surface area contributed by atoms with Crippen LogP contribution in [0, 0.1) is 11.6 Å². The summed E-state index contributed by atoms with van der Waals surface area (Å²) in [4.78, 5) is 13.8. The second-order valence-corrected chi connectivity index (χ2v) is 8.07. The van der Waals surface area contributed by atoms with Gasteiger partial charge in [0.2, 0.25) is 5.91 Å². The summed E-state index contributed by atoms with van der Waals surface area (Å²) >= 11 is 0. The molecule has 4 nitrogen and oxygen atoms in total. The molecule has 7 heteroatoms. The fraction of sp³-hybridized carbons (Fsp3) is 0.438. The molecule has 0 bridgehead atoms. The number of sulfone groups is 1. The summed E-state index contributed by atoms with van der Waals surface area (Å²) in [6.07, 6.45) is 4.92. The van der Waals surface area contributed by atoms with Crippen LogP contribution >= 0.6 is 0 Å². The maximum absolute atomic E-state index is 13.6. The van der Waals surface area contributed by atoms with E-state index in [-0.39, 0.29) is 17.4 Å². The molecule has 1 aromatic rings. The number of amides is 1. The van der Waals surface area contributed by atoms with Crippen molar-refractivity contribution in [2.24, 2.45) is 0 Å².